The van der Waals surface area contributed by atoms with Crippen LogP contribution in [-0.4, -0.2) is 18.9 Å². The van der Waals surface area contributed by atoms with Crippen LogP contribution in [0.4, 0.5) is 13.2 Å². The number of hydrogen-bond donors (Lipinski definition) is 0. The van der Waals surface area contributed by atoms with E-state index < -0.39 is 23.6 Å². The Morgan fingerprint density at radius 1 is 1.25 bits per heavy atom. The third-order valence-corrected chi connectivity index (χ3v) is 3.47. The molecule has 0 amide bonds. The fourth-order valence-corrected chi connectivity index (χ4v) is 2.36. The van der Waals surface area contributed by atoms with Crippen LogP contribution >= 0.6 is 0 Å². The first kappa shape index (κ1) is 14.6. The average Bonchev–Trinajstić information content (AvgIpc) is 2.56. The van der Waals surface area contributed by atoms with Crippen LogP contribution in [0.15, 0.2) is 18.2 Å². The predicted octanol–water partition coefficient (Wildman–Crippen LogP) is 2.55. The summed E-state index contributed by atoms with van der Waals surface area (Å²) in [5.74, 6) is -1.85. The normalized spacial score (nSPS) is 19.2. The largest absolute Gasteiger partial charge is 0.468 e. The molecule has 6 heteroatoms. The maximum absolute atomic E-state index is 12.7. The molecule has 0 fully saturated rings. The van der Waals surface area contributed by atoms with Crippen molar-refractivity contribution in [3.8, 4) is 0 Å². The molecule has 1 aromatic carbocycles. The summed E-state index contributed by atoms with van der Waals surface area (Å²) in [5.41, 5.74) is 0.332. The number of ketones is 1. The van der Waals surface area contributed by atoms with E-state index in [1.54, 1.807) is 0 Å². The number of alkyl halides is 3. The molecule has 1 aliphatic carbocycles. The lowest BCUT2D eigenvalue weighted by molar-refractivity contribution is -0.149. The van der Waals surface area contributed by atoms with Gasteiger partial charge in [0.15, 0.2) is 0 Å². The Bertz CT molecular complexity index is 549. The number of esters is 1. The molecule has 1 aromatic rings. The quantitative estimate of drug-likeness (QED) is 0.453. The highest BCUT2D eigenvalue weighted by molar-refractivity contribution is 5.99. The number of fused-ring (bicyclic) bond motifs is 1. The van der Waals surface area contributed by atoms with Gasteiger partial charge in [-0.05, 0) is 36.1 Å². The van der Waals surface area contributed by atoms with Crippen molar-refractivity contribution in [1.29, 1.82) is 0 Å². The Hall–Kier alpha value is -1.85. The van der Waals surface area contributed by atoms with Crippen LogP contribution in [0.3, 0.4) is 0 Å². The van der Waals surface area contributed by atoms with E-state index in [0.29, 0.717) is 11.1 Å². The van der Waals surface area contributed by atoms with Gasteiger partial charge in [-0.3, -0.25) is 9.59 Å². The smallest absolute Gasteiger partial charge is 0.416 e. The summed E-state index contributed by atoms with van der Waals surface area (Å²) in [6, 6.07) is 3.37. The SMILES string of the molecule is COC(=O)C1Cc2ccc(C(F)(F)F)cc2CCC1=O. The molecular formula is C14H13F3O3. The molecule has 0 heterocycles. The number of benzene rings is 1. The van der Waals surface area contributed by atoms with Crippen molar-refractivity contribution in [3.05, 3.63) is 34.9 Å². The molecule has 0 aromatic heterocycles. The van der Waals surface area contributed by atoms with Crippen molar-refractivity contribution < 1.29 is 27.5 Å². The summed E-state index contributed by atoms with van der Waals surface area (Å²) in [6.45, 7) is 0. The predicted molar refractivity (Wildman–Crippen MR) is 64.0 cm³/mol. The minimum absolute atomic E-state index is 0.0497. The monoisotopic (exact) mass is 286 g/mol. The topological polar surface area (TPSA) is 43.4 Å². The van der Waals surface area contributed by atoms with Crippen LogP contribution in [-0.2, 0) is 33.3 Å². The number of hydrogen-bond acceptors (Lipinski definition) is 3. The van der Waals surface area contributed by atoms with Crippen molar-refractivity contribution in [1.82, 2.24) is 0 Å². The minimum atomic E-state index is -4.41. The standard InChI is InChI=1S/C14H13F3O3/c1-20-13(19)11-7-9-2-4-10(14(15,16)17)6-8(9)3-5-12(11)18/h2,4,6,11H,3,5,7H2,1H3. The summed E-state index contributed by atoms with van der Waals surface area (Å²) >= 11 is 0. The van der Waals surface area contributed by atoms with E-state index in [1.807, 2.05) is 0 Å². The van der Waals surface area contributed by atoms with Gasteiger partial charge in [0.25, 0.3) is 0 Å². The Balaban J connectivity index is 2.36. The fourth-order valence-electron chi connectivity index (χ4n) is 2.36. The van der Waals surface area contributed by atoms with Gasteiger partial charge < -0.3 is 4.74 Å². The highest BCUT2D eigenvalue weighted by atomic mass is 19.4. The van der Waals surface area contributed by atoms with Gasteiger partial charge in [0.05, 0.1) is 12.7 Å². The van der Waals surface area contributed by atoms with Gasteiger partial charge in [-0.25, -0.2) is 0 Å². The van der Waals surface area contributed by atoms with Crippen molar-refractivity contribution in [3.63, 3.8) is 0 Å². The molecule has 0 radical (unpaired) electrons. The lowest BCUT2D eigenvalue weighted by Gasteiger charge is -2.13. The second-order valence-electron chi connectivity index (χ2n) is 4.73. The van der Waals surface area contributed by atoms with Gasteiger partial charge in [0.1, 0.15) is 11.7 Å². The molecule has 3 nitrogen and oxygen atoms in total. The number of rotatable bonds is 1. The Morgan fingerprint density at radius 2 is 1.95 bits per heavy atom. The molecule has 20 heavy (non-hydrogen) atoms. The Kier molecular flexibility index (Phi) is 3.83. The van der Waals surface area contributed by atoms with Gasteiger partial charge in [-0.2, -0.15) is 13.2 Å². The zero-order valence-corrected chi connectivity index (χ0v) is 10.8. The molecule has 1 unspecified atom stereocenters. The molecule has 0 saturated carbocycles. The summed E-state index contributed by atoms with van der Waals surface area (Å²) in [4.78, 5) is 23.4. The fraction of sp³-hybridized carbons (Fsp3) is 0.429. The number of ether oxygens (including phenoxy) is 1. The van der Waals surface area contributed by atoms with Crippen LogP contribution in [0.1, 0.15) is 23.1 Å². The van der Waals surface area contributed by atoms with E-state index >= 15 is 0 Å². The van der Waals surface area contributed by atoms with Crippen molar-refractivity contribution in [2.24, 2.45) is 5.92 Å². The first-order valence-corrected chi connectivity index (χ1v) is 6.12. The van der Waals surface area contributed by atoms with Gasteiger partial charge >= 0.3 is 12.1 Å². The maximum Gasteiger partial charge on any atom is 0.416 e. The zero-order chi connectivity index (χ0) is 14.9. The molecule has 0 spiro atoms. The van der Waals surface area contributed by atoms with Crippen molar-refractivity contribution in [2.45, 2.75) is 25.4 Å². The van der Waals surface area contributed by atoms with E-state index in [-0.39, 0.29) is 25.0 Å². The summed E-state index contributed by atoms with van der Waals surface area (Å²) in [5, 5.41) is 0. The van der Waals surface area contributed by atoms with Crippen LogP contribution in [0.2, 0.25) is 0 Å². The second kappa shape index (κ2) is 5.26. The number of carbonyl (C=O) groups excluding carboxylic acids is 2. The molecule has 2 rings (SSSR count). The van der Waals surface area contributed by atoms with Gasteiger partial charge in [-0.15, -0.1) is 0 Å². The molecular weight excluding hydrogens is 273 g/mol. The Labute approximate surface area is 113 Å². The third kappa shape index (κ3) is 2.84. The zero-order valence-electron chi connectivity index (χ0n) is 10.8. The first-order chi connectivity index (χ1) is 9.32. The number of carbonyl (C=O) groups is 2. The summed E-state index contributed by atoms with van der Waals surface area (Å²) < 4.78 is 42.5. The van der Waals surface area contributed by atoms with Crippen LogP contribution in [0, 0.1) is 5.92 Å². The van der Waals surface area contributed by atoms with E-state index in [4.69, 9.17) is 0 Å². The van der Waals surface area contributed by atoms with E-state index in [0.717, 1.165) is 12.1 Å². The van der Waals surface area contributed by atoms with Gasteiger partial charge in [-0.1, -0.05) is 6.07 Å². The van der Waals surface area contributed by atoms with E-state index in [2.05, 4.69) is 4.74 Å². The molecule has 1 aliphatic rings. The third-order valence-electron chi connectivity index (χ3n) is 3.47. The summed E-state index contributed by atoms with van der Waals surface area (Å²) in [6.07, 6.45) is -4.05. The lowest BCUT2D eigenvalue weighted by Crippen LogP contribution is -2.26. The Morgan fingerprint density at radius 3 is 2.55 bits per heavy atom. The number of halogens is 3. The van der Waals surface area contributed by atoms with Crippen LogP contribution in [0.5, 0.6) is 0 Å². The average molecular weight is 286 g/mol. The molecule has 108 valence electrons. The van der Waals surface area contributed by atoms with Gasteiger partial charge in [0, 0.05) is 6.42 Å². The van der Waals surface area contributed by atoms with Crippen molar-refractivity contribution in [2.75, 3.05) is 7.11 Å². The first-order valence-electron chi connectivity index (χ1n) is 6.12. The molecule has 0 aliphatic heterocycles. The molecule has 0 N–H and O–H groups in total. The van der Waals surface area contributed by atoms with Crippen LogP contribution < -0.4 is 0 Å². The van der Waals surface area contributed by atoms with E-state index in [1.165, 1.54) is 13.2 Å². The van der Waals surface area contributed by atoms with Crippen LogP contribution in [0.25, 0.3) is 0 Å². The number of Topliss-reactive ketones (excluding diaryl/α,β-unsaturated/α-hetero) is 1. The lowest BCUT2D eigenvalue weighted by atomic mass is 9.95. The molecule has 0 saturated heterocycles. The number of aryl methyl sites for hydroxylation is 1. The maximum atomic E-state index is 12.7. The van der Waals surface area contributed by atoms with Crippen molar-refractivity contribution >= 4 is 11.8 Å². The molecule has 1 atom stereocenters. The highest BCUT2D eigenvalue weighted by Gasteiger charge is 2.34. The number of methoxy groups -OCH3 is 1. The van der Waals surface area contributed by atoms with E-state index in [9.17, 15) is 22.8 Å². The molecule has 0 bridgehead atoms. The summed E-state index contributed by atoms with van der Waals surface area (Å²) in [7, 11) is 1.19. The van der Waals surface area contributed by atoms with Gasteiger partial charge in [0.2, 0.25) is 0 Å². The highest BCUT2D eigenvalue weighted by Crippen LogP contribution is 2.32. The second-order valence-corrected chi connectivity index (χ2v) is 4.73. The minimum Gasteiger partial charge on any atom is -0.468 e.